The maximum atomic E-state index is 14.5. The number of amidine groups is 1. The van der Waals surface area contributed by atoms with E-state index in [1.54, 1.807) is 79.7 Å². The summed E-state index contributed by atoms with van der Waals surface area (Å²) in [6.07, 6.45) is 0. The molecule has 6 rings (SSSR count). The number of carbonyl (C=O) groups is 2. The molecule has 0 fully saturated rings. The van der Waals surface area contributed by atoms with Crippen LogP contribution in [0.25, 0.3) is 0 Å². The van der Waals surface area contributed by atoms with Gasteiger partial charge in [0, 0.05) is 0 Å². The van der Waals surface area contributed by atoms with Crippen molar-refractivity contribution in [1.29, 1.82) is 0 Å². The molecule has 1 unspecified atom stereocenters. The number of aromatic hydroxyl groups is 1. The van der Waals surface area contributed by atoms with E-state index in [4.69, 9.17) is 16.3 Å². The van der Waals surface area contributed by atoms with E-state index >= 15 is 0 Å². The SMILES string of the molecule is CCOc1c(O)n(C(C(=O)Nc2ccccc2Cl)C2=NC(=O)c3ccccc3S(=O)(=O)N2Cc2ccccc2)c(=O)n1Cc1ccccc1. The number of hydrogen-bond acceptors (Lipinski definition) is 7. The smallest absolute Gasteiger partial charge is 0.335 e. The van der Waals surface area contributed by atoms with Gasteiger partial charge in [-0.25, -0.2) is 22.1 Å². The fraction of sp³-hybridized carbons (Fsp3) is 0.143. The van der Waals surface area contributed by atoms with Crippen LogP contribution in [0.1, 0.15) is 34.5 Å². The lowest BCUT2D eigenvalue weighted by Crippen LogP contribution is -2.47. The standard InChI is InChI=1S/C35H30ClN5O7S/c1-2-48-34-33(44)41(35(45)39(34)21-23-13-5-3-6-14-23)29(32(43)37-27-19-11-10-18-26(27)36)30-38-31(42)25-17-9-12-20-28(25)49(46,47)40(30)22-24-15-7-4-8-16-24/h3-20,29,44H,2,21-22H2,1H3,(H,37,43). The Morgan fingerprint density at radius 3 is 2.12 bits per heavy atom. The number of hydrogen-bond donors (Lipinski definition) is 2. The Morgan fingerprint density at radius 1 is 0.878 bits per heavy atom. The molecule has 2 N–H and O–H groups in total. The van der Waals surface area contributed by atoms with Gasteiger partial charge in [-0.1, -0.05) is 96.5 Å². The van der Waals surface area contributed by atoms with Crippen LogP contribution < -0.4 is 15.7 Å². The average molecular weight is 700 g/mol. The number of aromatic nitrogens is 2. The van der Waals surface area contributed by atoms with Gasteiger partial charge in [-0.3, -0.25) is 14.2 Å². The van der Waals surface area contributed by atoms with E-state index in [-0.39, 0.29) is 46.7 Å². The van der Waals surface area contributed by atoms with Gasteiger partial charge in [0.25, 0.3) is 33.6 Å². The number of benzene rings is 4. The molecule has 1 aliphatic heterocycles. The molecule has 5 aromatic rings. The fourth-order valence-electron chi connectivity index (χ4n) is 5.51. The van der Waals surface area contributed by atoms with Crippen LogP contribution in [0.2, 0.25) is 5.02 Å². The summed E-state index contributed by atoms with van der Waals surface area (Å²) in [4.78, 5) is 46.5. The van der Waals surface area contributed by atoms with Crippen LogP contribution in [-0.2, 0) is 27.9 Å². The van der Waals surface area contributed by atoms with Crippen LogP contribution in [0.5, 0.6) is 11.8 Å². The van der Waals surface area contributed by atoms with Crippen LogP contribution in [0.15, 0.2) is 124 Å². The molecule has 14 heteroatoms. The molecule has 0 saturated carbocycles. The van der Waals surface area contributed by atoms with Gasteiger partial charge in [0.05, 0.1) is 36.0 Å². The number of carbonyl (C=O) groups excluding carboxylic acids is 2. The molecule has 0 aliphatic carbocycles. The molecule has 0 spiro atoms. The zero-order chi connectivity index (χ0) is 34.7. The second kappa shape index (κ2) is 13.8. The molecule has 0 saturated heterocycles. The Bertz CT molecular complexity index is 2240. The first-order valence-electron chi connectivity index (χ1n) is 15.2. The third kappa shape index (κ3) is 6.45. The van der Waals surface area contributed by atoms with Gasteiger partial charge >= 0.3 is 5.69 Å². The molecule has 49 heavy (non-hydrogen) atoms. The normalized spacial score (nSPS) is 14.4. The predicted molar refractivity (Wildman–Crippen MR) is 184 cm³/mol. The number of fused-ring (bicyclic) bond motifs is 1. The Morgan fingerprint density at radius 2 is 1.47 bits per heavy atom. The Balaban J connectivity index is 1.62. The number of anilines is 1. The number of amides is 2. The quantitative estimate of drug-likeness (QED) is 0.206. The van der Waals surface area contributed by atoms with Crippen molar-refractivity contribution in [3.05, 3.63) is 141 Å². The lowest BCUT2D eigenvalue weighted by molar-refractivity contribution is -0.117. The number of ether oxygens (including phenoxy) is 1. The van der Waals surface area contributed by atoms with Crippen LogP contribution in [0, 0.1) is 0 Å². The molecule has 4 aromatic carbocycles. The molecule has 2 heterocycles. The van der Waals surface area contributed by atoms with Gasteiger partial charge in [0.2, 0.25) is 0 Å². The Hall–Kier alpha value is -5.66. The summed E-state index contributed by atoms with van der Waals surface area (Å²) >= 11 is 6.37. The number of rotatable bonds is 10. The Labute approximate surface area is 286 Å². The van der Waals surface area contributed by atoms with Crippen LogP contribution in [0.4, 0.5) is 5.69 Å². The second-order valence-corrected chi connectivity index (χ2v) is 13.2. The minimum atomic E-state index is -4.61. The van der Waals surface area contributed by atoms with Gasteiger partial charge in [-0.15, -0.1) is 0 Å². The molecule has 12 nitrogen and oxygen atoms in total. The number of imidazole rings is 1. The summed E-state index contributed by atoms with van der Waals surface area (Å²) in [5.74, 6) is -3.67. The van der Waals surface area contributed by atoms with Crippen LogP contribution in [0.3, 0.4) is 0 Å². The van der Waals surface area contributed by atoms with Crippen molar-refractivity contribution in [3.8, 4) is 11.8 Å². The minimum absolute atomic E-state index is 0.0333. The van der Waals surface area contributed by atoms with Crippen molar-refractivity contribution < 1.29 is 27.9 Å². The third-order valence-corrected chi connectivity index (χ3v) is 9.91. The molecule has 1 aromatic heterocycles. The molecule has 0 radical (unpaired) electrons. The van der Waals surface area contributed by atoms with Crippen molar-refractivity contribution in [2.24, 2.45) is 4.99 Å². The largest absolute Gasteiger partial charge is 0.491 e. The number of aliphatic imine (C=N–C) groups is 1. The van der Waals surface area contributed by atoms with Gasteiger partial charge < -0.3 is 15.2 Å². The summed E-state index contributed by atoms with van der Waals surface area (Å²) in [6, 6.07) is 27.1. The number of para-hydroxylation sites is 1. The summed E-state index contributed by atoms with van der Waals surface area (Å²) in [6.45, 7) is 1.23. The maximum absolute atomic E-state index is 14.5. The highest BCUT2D eigenvalue weighted by molar-refractivity contribution is 7.89. The van der Waals surface area contributed by atoms with E-state index in [0.717, 1.165) is 8.87 Å². The van der Waals surface area contributed by atoms with Crippen molar-refractivity contribution in [1.82, 2.24) is 13.4 Å². The van der Waals surface area contributed by atoms with Crippen LogP contribution in [-0.4, -0.2) is 51.2 Å². The topological polar surface area (TPSA) is 152 Å². The molecular weight excluding hydrogens is 670 g/mol. The highest BCUT2D eigenvalue weighted by Crippen LogP contribution is 2.35. The monoisotopic (exact) mass is 699 g/mol. The van der Waals surface area contributed by atoms with E-state index in [2.05, 4.69) is 10.3 Å². The summed E-state index contributed by atoms with van der Waals surface area (Å²) < 4.78 is 37.3. The maximum Gasteiger partial charge on any atom is 0.335 e. The van der Waals surface area contributed by atoms with E-state index < -0.39 is 45.3 Å². The van der Waals surface area contributed by atoms with E-state index in [1.165, 1.54) is 36.4 Å². The molecule has 1 atom stereocenters. The van der Waals surface area contributed by atoms with E-state index in [1.807, 2.05) is 0 Å². The van der Waals surface area contributed by atoms with Crippen molar-refractivity contribution in [2.45, 2.75) is 31.0 Å². The first-order valence-corrected chi connectivity index (χ1v) is 17.0. The van der Waals surface area contributed by atoms with Crippen molar-refractivity contribution in [2.75, 3.05) is 11.9 Å². The minimum Gasteiger partial charge on any atom is -0.491 e. The molecule has 1 aliphatic rings. The third-order valence-electron chi connectivity index (χ3n) is 7.78. The zero-order valence-electron chi connectivity index (χ0n) is 26.1. The second-order valence-electron chi connectivity index (χ2n) is 10.9. The average Bonchev–Trinajstić information content (AvgIpc) is 3.28. The lowest BCUT2D eigenvalue weighted by atomic mass is 10.1. The molecular formula is C35H30ClN5O7S. The Kier molecular flexibility index (Phi) is 9.38. The number of halogens is 1. The number of nitrogens with one attached hydrogen (secondary N) is 1. The fourth-order valence-corrected chi connectivity index (χ4v) is 7.32. The first kappa shape index (κ1) is 33.2. The predicted octanol–water partition coefficient (Wildman–Crippen LogP) is 5.08. The number of sulfonamides is 1. The van der Waals surface area contributed by atoms with Crippen molar-refractivity contribution in [3.63, 3.8) is 0 Å². The molecule has 2 amide bonds. The number of nitrogens with zero attached hydrogens (tertiary/aromatic N) is 4. The first-order chi connectivity index (χ1) is 23.6. The van der Waals surface area contributed by atoms with Gasteiger partial charge in [0.15, 0.2) is 11.9 Å². The van der Waals surface area contributed by atoms with Crippen molar-refractivity contribution >= 4 is 45.0 Å². The van der Waals surface area contributed by atoms with E-state index in [9.17, 15) is 27.9 Å². The molecule has 0 bridgehead atoms. The van der Waals surface area contributed by atoms with E-state index in [0.29, 0.717) is 15.7 Å². The highest BCUT2D eigenvalue weighted by atomic mass is 35.5. The summed E-state index contributed by atoms with van der Waals surface area (Å²) in [7, 11) is -4.61. The van der Waals surface area contributed by atoms with Crippen LogP contribution >= 0.6 is 11.6 Å². The van der Waals surface area contributed by atoms with Gasteiger partial charge in [-0.2, -0.15) is 4.99 Å². The lowest BCUT2D eigenvalue weighted by Gasteiger charge is -2.29. The molecule has 250 valence electrons. The highest BCUT2D eigenvalue weighted by Gasteiger charge is 2.44. The van der Waals surface area contributed by atoms with Gasteiger partial charge in [-0.05, 0) is 42.3 Å². The summed E-state index contributed by atoms with van der Waals surface area (Å²) in [5, 5.41) is 14.5. The zero-order valence-corrected chi connectivity index (χ0v) is 27.6. The summed E-state index contributed by atoms with van der Waals surface area (Å²) in [5.41, 5.74) is 0.128. The van der Waals surface area contributed by atoms with Gasteiger partial charge in [0.1, 0.15) is 4.90 Å².